The molecule has 0 aliphatic heterocycles. The van der Waals surface area contributed by atoms with Gasteiger partial charge in [0.15, 0.2) is 0 Å². The van der Waals surface area contributed by atoms with Crippen molar-refractivity contribution in [2.24, 2.45) is 0 Å². The largest absolute Gasteiger partial charge is 0.358 e. The van der Waals surface area contributed by atoms with E-state index in [-0.39, 0.29) is 0 Å². The lowest BCUT2D eigenvalue weighted by atomic mass is 10.4. The second kappa shape index (κ2) is 1.69. The van der Waals surface area contributed by atoms with Gasteiger partial charge in [-0.2, -0.15) is 0 Å². The van der Waals surface area contributed by atoms with E-state index in [9.17, 15) is 13.2 Å². The van der Waals surface area contributed by atoms with Crippen LogP contribution in [0.4, 0.5) is 13.2 Å². The molecule has 0 bridgehead atoms. The van der Waals surface area contributed by atoms with Crippen molar-refractivity contribution in [3.05, 3.63) is 0 Å². The van der Waals surface area contributed by atoms with Crippen LogP contribution < -0.4 is 0 Å². The fraction of sp³-hybridized carbons (Fsp3) is 1.00. The van der Waals surface area contributed by atoms with Crippen molar-refractivity contribution < 1.29 is 18.3 Å². The summed E-state index contributed by atoms with van der Waals surface area (Å²) >= 11 is 0. The van der Waals surface area contributed by atoms with Crippen LogP contribution in [0.2, 0.25) is 0 Å². The summed E-state index contributed by atoms with van der Waals surface area (Å²) in [7, 11) is 0. The zero-order valence-electron chi connectivity index (χ0n) is 3.66. The highest BCUT2D eigenvalue weighted by Gasteiger charge is 2.30. The van der Waals surface area contributed by atoms with Gasteiger partial charge in [0.25, 0.3) is 12.3 Å². The molecule has 0 saturated heterocycles. The monoisotopic (exact) mass is 114 g/mol. The van der Waals surface area contributed by atoms with E-state index in [4.69, 9.17) is 5.11 Å². The molecular weight excluding hydrogens is 109 g/mol. The summed E-state index contributed by atoms with van der Waals surface area (Å²) in [6, 6.07) is 0. The number of hydrogen-bond acceptors (Lipinski definition) is 1. The molecule has 0 saturated carbocycles. The Balaban J connectivity index is 3.54. The van der Waals surface area contributed by atoms with Crippen LogP contribution in [-0.4, -0.2) is 17.4 Å². The molecule has 0 aromatic heterocycles. The SMILES string of the molecule is C[C@@](O)(F)C(F)F. The molecule has 0 aliphatic rings. The van der Waals surface area contributed by atoms with Crippen molar-refractivity contribution in [3.8, 4) is 0 Å². The first-order valence-corrected chi connectivity index (χ1v) is 1.64. The Morgan fingerprint density at radius 1 is 1.57 bits per heavy atom. The zero-order chi connectivity index (χ0) is 6.08. The van der Waals surface area contributed by atoms with Crippen LogP contribution in [0.15, 0.2) is 0 Å². The zero-order valence-corrected chi connectivity index (χ0v) is 3.66. The van der Waals surface area contributed by atoms with Gasteiger partial charge in [-0.05, 0) is 0 Å². The molecule has 1 atom stereocenters. The summed E-state index contributed by atoms with van der Waals surface area (Å²) < 4.78 is 33.2. The third-order valence-electron chi connectivity index (χ3n) is 0.398. The van der Waals surface area contributed by atoms with E-state index < -0.39 is 12.3 Å². The van der Waals surface area contributed by atoms with Gasteiger partial charge in [-0.3, -0.25) is 0 Å². The molecule has 44 valence electrons. The Morgan fingerprint density at radius 2 is 1.71 bits per heavy atom. The van der Waals surface area contributed by atoms with Crippen LogP contribution in [0.3, 0.4) is 0 Å². The lowest BCUT2D eigenvalue weighted by molar-refractivity contribution is -0.172. The normalized spacial score (nSPS) is 19.7. The number of rotatable bonds is 1. The number of halogens is 3. The minimum absolute atomic E-state index is 0.400. The second-order valence-corrected chi connectivity index (χ2v) is 1.32. The van der Waals surface area contributed by atoms with E-state index in [2.05, 4.69) is 0 Å². The molecule has 0 unspecified atom stereocenters. The minimum Gasteiger partial charge on any atom is -0.358 e. The van der Waals surface area contributed by atoms with E-state index in [1.165, 1.54) is 0 Å². The third kappa shape index (κ3) is 2.45. The maximum atomic E-state index is 11.3. The first-order valence-electron chi connectivity index (χ1n) is 1.64. The van der Waals surface area contributed by atoms with Crippen LogP contribution in [0.1, 0.15) is 6.92 Å². The molecule has 0 rings (SSSR count). The van der Waals surface area contributed by atoms with Crippen molar-refractivity contribution in [2.45, 2.75) is 19.2 Å². The molecule has 0 heterocycles. The second-order valence-electron chi connectivity index (χ2n) is 1.32. The molecule has 0 aromatic carbocycles. The third-order valence-corrected chi connectivity index (χ3v) is 0.398. The van der Waals surface area contributed by atoms with Gasteiger partial charge in [0, 0.05) is 6.92 Å². The Hall–Kier alpha value is -0.250. The van der Waals surface area contributed by atoms with E-state index >= 15 is 0 Å². The van der Waals surface area contributed by atoms with Crippen molar-refractivity contribution in [3.63, 3.8) is 0 Å². The smallest absolute Gasteiger partial charge is 0.295 e. The van der Waals surface area contributed by atoms with Gasteiger partial charge < -0.3 is 5.11 Å². The van der Waals surface area contributed by atoms with Crippen LogP contribution >= 0.6 is 0 Å². The average Bonchev–Trinajstić information content (AvgIpc) is 1.31. The minimum atomic E-state index is -3.33. The molecule has 0 amide bonds. The van der Waals surface area contributed by atoms with E-state index in [1.54, 1.807) is 0 Å². The molecule has 1 nitrogen and oxygen atoms in total. The molecule has 0 fully saturated rings. The maximum absolute atomic E-state index is 11.3. The quantitative estimate of drug-likeness (QED) is 0.537. The Kier molecular flexibility index (Phi) is 1.63. The Labute approximate surface area is 38.8 Å². The predicted molar refractivity (Wildman–Crippen MR) is 17.7 cm³/mol. The van der Waals surface area contributed by atoms with Crippen molar-refractivity contribution in [2.75, 3.05) is 0 Å². The lowest BCUT2D eigenvalue weighted by Gasteiger charge is -2.08. The summed E-state index contributed by atoms with van der Waals surface area (Å²) in [5.74, 6) is -3.33. The molecule has 0 aromatic rings. The summed E-state index contributed by atoms with van der Waals surface area (Å²) in [4.78, 5) is 0. The van der Waals surface area contributed by atoms with E-state index in [0.29, 0.717) is 6.92 Å². The van der Waals surface area contributed by atoms with Crippen LogP contribution in [0, 0.1) is 0 Å². The summed E-state index contributed by atoms with van der Waals surface area (Å²) in [5, 5.41) is 7.68. The molecule has 4 heteroatoms. The van der Waals surface area contributed by atoms with Gasteiger partial charge in [0.1, 0.15) is 0 Å². The number of aliphatic hydroxyl groups is 1. The van der Waals surface area contributed by atoms with Crippen LogP contribution in [0.5, 0.6) is 0 Å². The van der Waals surface area contributed by atoms with Gasteiger partial charge in [-0.25, -0.2) is 13.2 Å². The van der Waals surface area contributed by atoms with Crippen LogP contribution in [0.25, 0.3) is 0 Å². The molecule has 1 N–H and O–H groups in total. The molecule has 0 radical (unpaired) electrons. The lowest BCUT2D eigenvalue weighted by Crippen LogP contribution is -2.26. The van der Waals surface area contributed by atoms with E-state index in [1.807, 2.05) is 0 Å². The first kappa shape index (κ1) is 6.75. The van der Waals surface area contributed by atoms with Crippen LogP contribution in [-0.2, 0) is 0 Å². The fourth-order valence-electron chi connectivity index (χ4n) is 0. The number of alkyl halides is 3. The maximum Gasteiger partial charge on any atom is 0.295 e. The average molecular weight is 114 g/mol. The van der Waals surface area contributed by atoms with Gasteiger partial charge in [-0.1, -0.05) is 0 Å². The topological polar surface area (TPSA) is 20.2 Å². The van der Waals surface area contributed by atoms with Crippen molar-refractivity contribution in [1.82, 2.24) is 0 Å². The predicted octanol–water partition coefficient (Wildman–Crippen LogP) is 0.929. The summed E-state index contributed by atoms with van der Waals surface area (Å²) in [6.45, 7) is 0.400. The van der Waals surface area contributed by atoms with Gasteiger partial charge in [-0.15, -0.1) is 0 Å². The van der Waals surface area contributed by atoms with Gasteiger partial charge in [0.05, 0.1) is 0 Å². The standard InChI is InChI=1S/C3H5F3O/c1-3(6,7)2(4)5/h2,7H,1H3/t3-/m0/s1. The highest BCUT2D eigenvalue weighted by Crippen LogP contribution is 2.14. The molecular formula is C3H5F3O. The van der Waals surface area contributed by atoms with E-state index in [0.717, 1.165) is 0 Å². The highest BCUT2D eigenvalue weighted by molar-refractivity contribution is 4.57. The summed E-state index contributed by atoms with van der Waals surface area (Å²) in [6.07, 6.45) is -3.31. The first-order chi connectivity index (χ1) is 2.94. The number of hydrogen-bond donors (Lipinski definition) is 1. The highest BCUT2D eigenvalue weighted by atomic mass is 19.3. The Bertz CT molecular complexity index is 55.7. The van der Waals surface area contributed by atoms with Gasteiger partial charge >= 0.3 is 0 Å². The van der Waals surface area contributed by atoms with Gasteiger partial charge in [0.2, 0.25) is 0 Å². The fourth-order valence-corrected chi connectivity index (χ4v) is 0. The summed E-state index contributed by atoms with van der Waals surface area (Å²) in [5.41, 5.74) is 0. The molecule has 0 spiro atoms. The Morgan fingerprint density at radius 3 is 1.71 bits per heavy atom. The molecule has 0 aliphatic carbocycles. The molecule has 7 heavy (non-hydrogen) atoms. The van der Waals surface area contributed by atoms with Crippen molar-refractivity contribution >= 4 is 0 Å². The van der Waals surface area contributed by atoms with Crippen molar-refractivity contribution in [1.29, 1.82) is 0 Å².